The van der Waals surface area contributed by atoms with Crippen LogP contribution in [-0.2, 0) is 11.3 Å². The van der Waals surface area contributed by atoms with Crippen molar-refractivity contribution in [3.8, 4) is 0 Å². The molecule has 1 aliphatic rings. The molecule has 0 radical (unpaired) electrons. The predicted octanol–water partition coefficient (Wildman–Crippen LogP) is 7.65. The Balaban J connectivity index is 1.19. The maximum atomic E-state index is 13.1. The molecule has 0 spiro atoms. The SMILES string of the molecule is CCCCCCCCCCCCCCCCCOCc1c(C(=O)N2CCN(C)CC2)c2ccc1o2. The molecule has 0 N–H and O–H groups in total. The van der Waals surface area contributed by atoms with Gasteiger partial charge in [0.15, 0.2) is 0 Å². The van der Waals surface area contributed by atoms with Gasteiger partial charge in [-0.3, -0.25) is 4.79 Å². The molecule has 1 fully saturated rings. The average Bonchev–Trinajstić information content (AvgIpc) is 3.48. The lowest BCUT2D eigenvalue weighted by Gasteiger charge is -2.32. The molecule has 198 valence electrons. The Bertz CT molecular complexity index is 809. The first kappa shape index (κ1) is 28.0. The van der Waals surface area contributed by atoms with Crippen LogP contribution in [0.25, 0.3) is 11.2 Å². The third kappa shape index (κ3) is 9.42. The largest absolute Gasteiger partial charge is 0.456 e. The second-order valence-electron chi connectivity index (χ2n) is 10.6. The van der Waals surface area contributed by atoms with E-state index in [1.165, 1.54) is 89.9 Å². The zero-order valence-corrected chi connectivity index (χ0v) is 22.6. The van der Waals surface area contributed by atoms with Crippen molar-refractivity contribution < 1.29 is 13.9 Å². The van der Waals surface area contributed by atoms with Crippen molar-refractivity contribution in [2.45, 2.75) is 110 Å². The summed E-state index contributed by atoms with van der Waals surface area (Å²) in [5.74, 6) is 0.0954. The molecule has 5 nitrogen and oxygen atoms in total. The monoisotopic (exact) mass is 486 g/mol. The van der Waals surface area contributed by atoms with Gasteiger partial charge in [0, 0.05) is 38.3 Å². The van der Waals surface area contributed by atoms with E-state index in [0.717, 1.165) is 55.9 Å². The van der Waals surface area contributed by atoms with E-state index in [1.807, 2.05) is 17.0 Å². The van der Waals surface area contributed by atoms with Crippen LogP contribution in [0.2, 0.25) is 0 Å². The van der Waals surface area contributed by atoms with Crippen LogP contribution < -0.4 is 0 Å². The molecule has 2 aromatic heterocycles. The molecule has 35 heavy (non-hydrogen) atoms. The van der Waals surface area contributed by atoms with Crippen molar-refractivity contribution in [3.05, 3.63) is 23.3 Å². The highest BCUT2D eigenvalue weighted by Gasteiger charge is 2.28. The molecule has 2 aromatic rings. The standard InChI is InChI=1S/C30H50N2O3/c1-3-4-5-6-7-8-9-10-11-12-13-14-15-16-17-24-34-25-26-27-18-19-28(35-27)29(26)30(33)32-22-20-31(2)21-23-32/h18-19H,3-17,20-25H2,1-2H3. The van der Waals surface area contributed by atoms with E-state index in [4.69, 9.17) is 9.15 Å². The summed E-state index contributed by atoms with van der Waals surface area (Å²) in [6, 6.07) is 3.87. The fourth-order valence-electron chi connectivity index (χ4n) is 5.20. The summed E-state index contributed by atoms with van der Waals surface area (Å²) in [6.07, 6.45) is 20.5. The maximum absolute atomic E-state index is 13.1. The Kier molecular flexibility index (Phi) is 13.0. The quantitative estimate of drug-likeness (QED) is 0.191. The van der Waals surface area contributed by atoms with Crippen molar-refractivity contribution in [1.82, 2.24) is 9.80 Å². The molecule has 1 saturated heterocycles. The molecule has 1 amide bonds. The maximum Gasteiger partial charge on any atom is 0.258 e. The van der Waals surface area contributed by atoms with Gasteiger partial charge in [0.05, 0.1) is 12.2 Å². The number of piperazine rings is 1. The van der Waals surface area contributed by atoms with Gasteiger partial charge in [0.1, 0.15) is 11.2 Å². The first-order valence-electron chi connectivity index (χ1n) is 14.6. The Morgan fingerprint density at radius 1 is 0.771 bits per heavy atom. The topological polar surface area (TPSA) is 45.9 Å². The van der Waals surface area contributed by atoms with Crippen LogP contribution in [0.1, 0.15) is 119 Å². The molecule has 0 unspecified atom stereocenters. The number of likely N-dealkylation sites (N-methyl/N-ethyl adjacent to an activating group) is 1. The van der Waals surface area contributed by atoms with Gasteiger partial charge in [-0.2, -0.15) is 0 Å². The molecule has 2 bridgehead atoms. The number of fused-ring (bicyclic) bond motifs is 2. The second-order valence-corrected chi connectivity index (χ2v) is 10.6. The fourth-order valence-corrected chi connectivity index (χ4v) is 5.20. The van der Waals surface area contributed by atoms with Gasteiger partial charge < -0.3 is 19.0 Å². The Morgan fingerprint density at radius 3 is 1.86 bits per heavy atom. The normalized spacial score (nSPS) is 15.0. The number of unbranched alkanes of at least 4 members (excludes halogenated alkanes) is 14. The summed E-state index contributed by atoms with van der Waals surface area (Å²) in [7, 11) is 2.10. The van der Waals surface area contributed by atoms with Crippen LogP contribution in [0.5, 0.6) is 0 Å². The van der Waals surface area contributed by atoms with Crippen LogP contribution in [0, 0.1) is 0 Å². The van der Waals surface area contributed by atoms with E-state index < -0.39 is 0 Å². The van der Waals surface area contributed by atoms with E-state index in [-0.39, 0.29) is 5.91 Å². The van der Waals surface area contributed by atoms with Gasteiger partial charge in [0.25, 0.3) is 5.91 Å². The number of amides is 1. The number of hydrogen-bond acceptors (Lipinski definition) is 4. The number of carbonyl (C=O) groups is 1. The van der Waals surface area contributed by atoms with Gasteiger partial charge in [-0.05, 0) is 25.6 Å². The minimum absolute atomic E-state index is 0.0954. The molecule has 3 rings (SSSR count). The number of benzene rings is 1. The summed E-state index contributed by atoms with van der Waals surface area (Å²) < 4.78 is 11.8. The van der Waals surface area contributed by atoms with Crippen LogP contribution in [-0.4, -0.2) is 55.5 Å². The Hall–Kier alpha value is -1.59. The third-order valence-corrected chi connectivity index (χ3v) is 7.59. The summed E-state index contributed by atoms with van der Waals surface area (Å²) in [5.41, 5.74) is 3.17. The van der Waals surface area contributed by atoms with Crippen LogP contribution in [0.4, 0.5) is 0 Å². The molecule has 5 heteroatoms. The van der Waals surface area contributed by atoms with E-state index >= 15 is 0 Å². The van der Waals surface area contributed by atoms with E-state index in [2.05, 4.69) is 18.9 Å². The molecule has 0 aliphatic carbocycles. The zero-order valence-electron chi connectivity index (χ0n) is 22.6. The summed E-state index contributed by atoms with van der Waals surface area (Å²) in [4.78, 5) is 17.4. The van der Waals surface area contributed by atoms with Crippen molar-refractivity contribution in [2.75, 3.05) is 39.8 Å². The smallest absolute Gasteiger partial charge is 0.258 e. The molecule has 0 aromatic carbocycles. The first-order chi connectivity index (χ1) is 17.2. The van der Waals surface area contributed by atoms with Gasteiger partial charge in [-0.25, -0.2) is 0 Å². The van der Waals surface area contributed by atoms with Crippen LogP contribution in [0.3, 0.4) is 0 Å². The number of nitrogens with zero attached hydrogens (tertiary/aromatic N) is 2. The number of ether oxygens (including phenoxy) is 1. The average molecular weight is 487 g/mol. The molecule has 1 aliphatic heterocycles. The highest BCUT2D eigenvalue weighted by atomic mass is 16.5. The first-order valence-corrected chi connectivity index (χ1v) is 14.6. The predicted molar refractivity (Wildman–Crippen MR) is 145 cm³/mol. The number of hydrogen-bond donors (Lipinski definition) is 0. The molecule has 0 atom stereocenters. The van der Waals surface area contributed by atoms with Crippen molar-refractivity contribution >= 4 is 17.1 Å². The van der Waals surface area contributed by atoms with Crippen molar-refractivity contribution in [2.24, 2.45) is 0 Å². The summed E-state index contributed by atoms with van der Waals surface area (Å²) in [6.45, 7) is 6.91. The lowest BCUT2D eigenvalue weighted by Crippen LogP contribution is -2.47. The highest BCUT2D eigenvalue weighted by Crippen LogP contribution is 2.31. The minimum Gasteiger partial charge on any atom is -0.456 e. The molecular weight excluding hydrogens is 436 g/mol. The van der Waals surface area contributed by atoms with Crippen molar-refractivity contribution in [3.63, 3.8) is 0 Å². The summed E-state index contributed by atoms with van der Waals surface area (Å²) in [5, 5.41) is 0. The minimum atomic E-state index is 0.0954. The Morgan fingerprint density at radius 2 is 1.29 bits per heavy atom. The van der Waals surface area contributed by atoms with Gasteiger partial charge in [-0.1, -0.05) is 96.8 Å². The zero-order chi connectivity index (χ0) is 24.7. The number of furan rings is 2. The highest BCUT2D eigenvalue weighted by molar-refractivity contribution is 6.04. The summed E-state index contributed by atoms with van der Waals surface area (Å²) >= 11 is 0. The lowest BCUT2D eigenvalue weighted by molar-refractivity contribution is 0.0658. The number of rotatable bonds is 19. The second kappa shape index (κ2) is 16.2. The lowest BCUT2D eigenvalue weighted by atomic mass is 10.0. The van der Waals surface area contributed by atoms with Gasteiger partial charge in [0.2, 0.25) is 0 Å². The Labute approximate surface area is 213 Å². The molecule has 3 heterocycles. The van der Waals surface area contributed by atoms with Crippen molar-refractivity contribution in [1.29, 1.82) is 0 Å². The third-order valence-electron chi connectivity index (χ3n) is 7.59. The van der Waals surface area contributed by atoms with Crippen LogP contribution in [0.15, 0.2) is 16.5 Å². The van der Waals surface area contributed by atoms with Gasteiger partial charge in [-0.15, -0.1) is 0 Å². The van der Waals surface area contributed by atoms with E-state index in [0.29, 0.717) is 12.2 Å². The van der Waals surface area contributed by atoms with E-state index in [1.54, 1.807) is 0 Å². The van der Waals surface area contributed by atoms with Gasteiger partial charge >= 0.3 is 0 Å². The number of carbonyl (C=O) groups excluding carboxylic acids is 1. The van der Waals surface area contributed by atoms with Crippen LogP contribution >= 0.6 is 0 Å². The van der Waals surface area contributed by atoms with E-state index in [9.17, 15) is 4.79 Å². The fraction of sp³-hybridized carbons (Fsp3) is 0.767. The molecular formula is C30H50N2O3. The molecule has 0 saturated carbocycles.